The van der Waals surface area contributed by atoms with Crippen molar-refractivity contribution in [2.45, 2.75) is 46.6 Å². The van der Waals surface area contributed by atoms with Crippen molar-refractivity contribution in [3.05, 3.63) is 11.1 Å². The molecule has 98 valence electrons. The minimum atomic E-state index is 0.695. The summed E-state index contributed by atoms with van der Waals surface area (Å²) in [6.07, 6.45) is 5.43. The summed E-state index contributed by atoms with van der Waals surface area (Å²) in [5, 5.41) is 4.30. The maximum atomic E-state index is 5.72. The number of rotatable bonds is 9. The first-order valence-electron chi connectivity index (χ1n) is 6.56. The first-order valence-corrected chi connectivity index (χ1v) is 7.38. The smallest absolute Gasteiger partial charge is 0.182 e. The van der Waals surface area contributed by atoms with E-state index in [0.717, 1.165) is 24.7 Å². The summed E-state index contributed by atoms with van der Waals surface area (Å²) in [5.74, 6) is 0.695. The molecule has 0 aliphatic heterocycles. The predicted octanol–water partition coefficient (Wildman–Crippen LogP) is 3.92. The highest BCUT2D eigenvalue weighted by Crippen LogP contribution is 2.19. The highest BCUT2D eigenvalue weighted by molar-refractivity contribution is 7.15. The third-order valence-electron chi connectivity index (χ3n) is 2.83. The Morgan fingerprint density at radius 3 is 2.76 bits per heavy atom. The molecule has 0 amide bonds. The van der Waals surface area contributed by atoms with Gasteiger partial charge in [-0.25, -0.2) is 4.98 Å². The fourth-order valence-corrected chi connectivity index (χ4v) is 2.31. The first kappa shape index (κ1) is 14.5. The van der Waals surface area contributed by atoms with Crippen LogP contribution in [0, 0.1) is 5.92 Å². The van der Waals surface area contributed by atoms with E-state index in [2.05, 4.69) is 31.1 Å². The molecule has 0 unspecified atom stereocenters. The van der Waals surface area contributed by atoms with Crippen LogP contribution in [0.3, 0.4) is 0 Å². The van der Waals surface area contributed by atoms with Gasteiger partial charge in [-0.3, -0.25) is 0 Å². The van der Waals surface area contributed by atoms with E-state index in [0.29, 0.717) is 12.5 Å². The molecular formula is C13H24N2OS. The number of nitrogens with zero attached hydrogens (tertiary/aromatic N) is 1. The highest BCUT2D eigenvalue weighted by atomic mass is 32.1. The minimum absolute atomic E-state index is 0.695. The van der Waals surface area contributed by atoms with Crippen molar-refractivity contribution in [2.24, 2.45) is 5.92 Å². The van der Waals surface area contributed by atoms with E-state index in [1.165, 1.54) is 17.7 Å². The van der Waals surface area contributed by atoms with Crippen LogP contribution in [0.2, 0.25) is 0 Å². The maximum Gasteiger partial charge on any atom is 0.182 e. The number of thiazole rings is 1. The van der Waals surface area contributed by atoms with Crippen molar-refractivity contribution < 1.29 is 4.74 Å². The maximum absolute atomic E-state index is 5.72. The molecule has 0 radical (unpaired) electrons. The Hall–Kier alpha value is -0.610. The van der Waals surface area contributed by atoms with Gasteiger partial charge in [-0.2, -0.15) is 0 Å². The molecule has 0 spiro atoms. The molecule has 1 aromatic heterocycles. The molecular weight excluding hydrogens is 232 g/mol. The van der Waals surface area contributed by atoms with Gasteiger partial charge in [0, 0.05) is 19.3 Å². The molecule has 0 saturated carbocycles. The van der Waals surface area contributed by atoms with Gasteiger partial charge >= 0.3 is 0 Å². The van der Waals surface area contributed by atoms with Crippen molar-refractivity contribution in [1.82, 2.24) is 4.98 Å². The second kappa shape index (κ2) is 8.48. The molecule has 0 saturated heterocycles. The molecule has 4 heteroatoms. The Morgan fingerprint density at radius 1 is 1.35 bits per heavy atom. The van der Waals surface area contributed by atoms with E-state index < -0.39 is 0 Å². The third-order valence-corrected chi connectivity index (χ3v) is 3.76. The Labute approximate surface area is 109 Å². The average Bonchev–Trinajstić information content (AvgIpc) is 2.80. The molecule has 17 heavy (non-hydrogen) atoms. The van der Waals surface area contributed by atoms with Gasteiger partial charge in [-0.05, 0) is 12.3 Å². The van der Waals surface area contributed by atoms with Gasteiger partial charge in [-0.15, -0.1) is 0 Å². The van der Waals surface area contributed by atoms with Crippen molar-refractivity contribution >= 4 is 16.5 Å². The number of hydrogen-bond acceptors (Lipinski definition) is 4. The Morgan fingerprint density at radius 2 is 2.12 bits per heavy atom. The lowest BCUT2D eigenvalue weighted by Crippen LogP contribution is -2.06. The summed E-state index contributed by atoms with van der Waals surface area (Å²) in [6, 6.07) is 0. The standard InChI is InChI=1S/C13H24N2OS/c1-4-7-14-13-15-8-12(17-13)10-16-9-11(5-2)6-3/h8,11H,4-7,9-10H2,1-3H3,(H,14,15). The molecule has 1 aromatic rings. The van der Waals surface area contributed by atoms with Gasteiger partial charge in [-0.1, -0.05) is 44.9 Å². The van der Waals surface area contributed by atoms with Crippen LogP contribution < -0.4 is 5.32 Å². The van der Waals surface area contributed by atoms with Crippen molar-refractivity contribution in [2.75, 3.05) is 18.5 Å². The summed E-state index contributed by atoms with van der Waals surface area (Å²) < 4.78 is 5.72. The van der Waals surface area contributed by atoms with Gasteiger partial charge in [0.2, 0.25) is 0 Å². The van der Waals surface area contributed by atoms with Crippen molar-refractivity contribution in [1.29, 1.82) is 0 Å². The van der Waals surface area contributed by atoms with Crippen LogP contribution in [0.4, 0.5) is 5.13 Å². The number of nitrogens with one attached hydrogen (secondary N) is 1. The molecule has 0 atom stereocenters. The van der Waals surface area contributed by atoms with Gasteiger partial charge in [0.25, 0.3) is 0 Å². The van der Waals surface area contributed by atoms with Crippen LogP contribution in [0.25, 0.3) is 0 Å². The highest BCUT2D eigenvalue weighted by Gasteiger charge is 2.05. The van der Waals surface area contributed by atoms with E-state index in [1.54, 1.807) is 11.3 Å². The second-order valence-electron chi connectivity index (χ2n) is 4.26. The SMILES string of the molecule is CCCNc1ncc(COCC(CC)CC)s1. The molecule has 0 bridgehead atoms. The van der Waals surface area contributed by atoms with E-state index in [1.807, 2.05) is 6.20 Å². The number of aromatic nitrogens is 1. The Bertz CT molecular complexity index is 297. The normalized spacial score (nSPS) is 11.1. The van der Waals surface area contributed by atoms with E-state index in [-0.39, 0.29) is 0 Å². The Kier molecular flexibility index (Phi) is 7.21. The Balaban J connectivity index is 2.24. The molecule has 0 aliphatic rings. The summed E-state index contributed by atoms with van der Waals surface area (Å²) in [6.45, 7) is 9.14. The average molecular weight is 256 g/mol. The van der Waals surface area contributed by atoms with Crippen LogP contribution >= 0.6 is 11.3 Å². The van der Waals surface area contributed by atoms with E-state index >= 15 is 0 Å². The molecule has 0 aliphatic carbocycles. The van der Waals surface area contributed by atoms with Crippen LogP contribution in [0.15, 0.2) is 6.20 Å². The van der Waals surface area contributed by atoms with Crippen LogP contribution in [0.5, 0.6) is 0 Å². The summed E-state index contributed by atoms with van der Waals surface area (Å²) >= 11 is 1.69. The first-order chi connectivity index (χ1) is 8.30. The van der Waals surface area contributed by atoms with Crippen LogP contribution in [0.1, 0.15) is 44.9 Å². The summed E-state index contributed by atoms with van der Waals surface area (Å²) in [4.78, 5) is 5.52. The van der Waals surface area contributed by atoms with Gasteiger partial charge in [0.05, 0.1) is 11.5 Å². The molecule has 3 nitrogen and oxygen atoms in total. The zero-order valence-electron chi connectivity index (χ0n) is 11.2. The molecule has 0 aromatic carbocycles. The van der Waals surface area contributed by atoms with Crippen LogP contribution in [-0.4, -0.2) is 18.1 Å². The fraction of sp³-hybridized carbons (Fsp3) is 0.769. The number of ether oxygens (including phenoxy) is 1. The molecule has 1 rings (SSSR count). The lowest BCUT2D eigenvalue weighted by molar-refractivity contribution is 0.0859. The van der Waals surface area contributed by atoms with E-state index in [4.69, 9.17) is 4.74 Å². The zero-order valence-corrected chi connectivity index (χ0v) is 12.0. The fourth-order valence-electron chi connectivity index (χ4n) is 1.54. The number of hydrogen-bond donors (Lipinski definition) is 1. The van der Waals surface area contributed by atoms with Gasteiger partial charge in [0.15, 0.2) is 5.13 Å². The minimum Gasteiger partial charge on any atom is -0.376 e. The lowest BCUT2D eigenvalue weighted by atomic mass is 10.1. The monoisotopic (exact) mass is 256 g/mol. The predicted molar refractivity (Wildman–Crippen MR) is 74.6 cm³/mol. The zero-order chi connectivity index (χ0) is 12.5. The van der Waals surface area contributed by atoms with Gasteiger partial charge < -0.3 is 10.1 Å². The van der Waals surface area contributed by atoms with Gasteiger partial charge in [0.1, 0.15) is 0 Å². The number of anilines is 1. The summed E-state index contributed by atoms with van der Waals surface area (Å²) in [5.41, 5.74) is 0. The molecule has 1 N–H and O–H groups in total. The summed E-state index contributed by atoms with van der Waals surface area (Å²) in [7, 11) is 0. The van der Waals surface area contributed by atoms with Crippen molar-refractivity contribution in [3.63, 3.8) is 0 Å². The molecule has 1 heterocycles. The van der Waals surface area contributed by atoms with E-state index in [9.17, 15) is 0 Å². The topological polar surface area (TPSA) is 34.2 Å². The lowest BCUT2D eigenvalue weighted by Gasteiger charge is -2.11. The molecule has 0 fully saturated rings. The largest absolute Gasteiger partial charge is 0.376 e. The second-order valence-corrected chi connectivity index (χ2v) is 5.37. The quantitative estimate of drug-likeness (QED) is 0.727. The van der Waals surface area contributed by atoms with Crippen molar-refractivity contribution in [3.8, 4) is 0 Å². The van der Waals surface area contributed by atoms with Crippen LogP contribution in [-0.2, 0) is 11.3 Å². The third kappa shape index (κ3) is 5.50.